The Hall–Kier alpha value is -3.80. The predicted octanol–water partition coefficient (Wildman–Crippen LogP) is 6.37. The number of fused-ring (bicyclic) bond motifs is 2. The second kappa shape index (κ2) is 10.0. The van der Waals surface area contributed by atoms with E-state index < -0.39 is 0 Å². The third kappa shape index (κ3) is 4.91. The van der Waals surface area contributed by atoms with Crippen molar-refractivity contribution in [1.29, 1.82) is 0 Å². The molecular formula is C25H17IrN4O2-. The van der Waals surface area contributed by atoms with E-state index in [-0.39, 0.29) is 20.1 Å². The van der Waals surface area contributed by atoms with Gasteiger partial charge in [-0.3, -0.25) is 9.97 Å². The Labute approximate surface area is 198 Å². The molecule has 0 fully saturated rings. The van der Waals surface area contributed by atoms with E-state index in [0.717, 1.165) is 33.9 Å². The van der Waals surface area contributed by atoms with Crippen LogP contribution in [0, 0.1) is 0 Å². The van der Waals surface area contributed by atoms with E-state index in [1.165, 1.54) is 0 Å². The predicted molar refractivity (Wildman–Crippen MR) is 120 cm³/mol. The van der Waals surface area contributed by atoms with Crippen molar-refractivity contribution < 1.29 is 29.3 Å². The summed E-state index contributed by atoms with van der Waals surface area (Å²) in [4.78, 5) is 12.7. The van der Waals surface area contributed by atoms with E-state index in [0.29, 0.717) is 11.8 Å². The topological polar surface area (TPSA) is 75.1 Å². The number of ether oxygens (including phenoxy) is 1. The molecule has 0 saturated carbocycles. The smallest absolute Gasteiger partial charge is 0.221 e. The van der Waals surface area contributed by atoms with Crippen LogP contribution in [-0.4, -0.2) is 15.0 Å². The van der Waals surface area contributed by atoms with Gasteiger partial charge in [0.1, 0.15) is 11.3 Å². The Morgan fingerprint density at radius 2 is 1.38 bits per heavy atom. The minimum absolute atomic E-state index is 0. The third-order valence-corrected chi connectivity index (χ3v) is 4.46. The van der Waals surface area contributed by atoms with Crippen LogP contribution in [0.2, 0.25) is 0 Å². The van der Waals surface area contributed by atoms with Crippen molar-refractivity contribution in [3.05, 3.63) is 114 Å². The van der Waals surface area contributed by atoms with Gasteiger partial charge in [0.2, 0.25) is 5.89 Å². The maximum atomic E-state index is 5.60. The zero-order valence-electron chi connectivity index (χ0n) is 16.8. The number of hydrogen-bond donors (Lipinski definition) is 0. The fourth-order valence-corrected chi connectivity index (χ4v) is 3.04. The van der Waals surface area contributed by atoms with Crippen LogP contribution in [-0.2, 0) is 20.1 Å². The molecule has 5 aromatic rings. The molecule has 0 N–H and O–H groups in total. The van der Waals surface area contributed by atoms with Crippen molar-refractivity contribution in [1.82, 2.24) is 15.0 Å². The summed E-state index contributed by atoms with van der Waals surface area (Å²) in [6, 6.07) is 26.8. The molecule has 1 aliphatic rings. The van der Waals surface area contributed by atoms with E-state index >= 15 is 0 Å². The maximum absolute atomic E-state index is 5.60. The molecule has 0 atom stereocenters. The Kier molecular flexibility index (Phi) is 6.70. The van der Waals surface area contributed by atoms with Crippen molar-refractivity contribution in [2.24, 2.45) is 0 Å². The van der Waals surface area contributed by atoms with Gasteiger partial charge in [-0.2, -0.15) is 0 Å². The Balaban J connectivity index is 0.000000164. The van der Waals surface area contributed by atoms with Gasteiger partial charge in [-0.05, 0) is 42.5 Å². The van der Waals surface area contributed by atoms with Gasteiger partial charge in [-0.1, -0.05) is 48.2 Å². The molecule has 1 aliphatic heterocycles. The van der Waals surface area contributed by atoms with Crippen LogP contribution in [0.3, 0.4) is 0 Å². The van der Waals surface area contributed by atoms with Crippen LogP contribution in [0.15, 0.2) is 108 Å². The van der Waals surface area contributed by atoms with E-state index in [4.69, 9.17) is 9.15 Å². The van der Waals surface area contributed by atoms with Gasteiger partial charge in [0, 0.05) is 44.5 Å². The molecule has 6 nitrogen and oxygen atoms in total. The molecule has 4 heterocycles. The van der Waals surface area contributed by atoms with Crippen LogP contribution >= 0.6 is 0 Å². The van der Waals surface area contributed by atoms with Gasteiger partial charge in [-0.15, -0.1) is 0 Å². The number of hydrogen-bond acceptors (Lipinski definition) is 5. The monoisotopic (exact) mass is 598 g/mol. The van der Waals surface area contributed by atoms with Crippen LogP contribution in [0.5, 0.6) is 5.75 Å². The summed E-state index contributed by atoms with van der Waals surface area (Å²) in [5, 5.41) is 4.36. The average molecular weight is 598 g/mol. The van der Waals surface area contributed by atoms with E-state index in [9.17, 15) is 0 Å². The first-order chi connectivity index (χ1) is 15.3. The zero-order chi connectivity index (χ0) is 20.9. The van der Waals surface area contributed by atoms with E-state index in [2.05, 4.69) is 20.3 Å². The Morgan fingerprint density at radius 3 is 2.03 bits per heavy atom. The van der Waals surface area contributed by atoms with Crippen LogP contribution in [0.4, 0.5) is 5.69 Å². The minimum atomic E-state index is 0. The summed E-state index contributed by atoms with van der Waals surface area (Å²) in [6.45, 7) is 0. The number of aromatic nitrogens is 3. The molecule has 3 aromatic heterocycles. The largest absolute Gasteiger partial charge is 0.624 e. The van der Waals surface area contributed by atoms with Crippen molar-refractivity contribution in [3.63, 3.8) is 0 Å². The molecule has 2 aromatic carbocycles. The number of oxazole rings is 1. The molecule has 7 heteroatoms. The number of rotatable bonds is 2. The molecule has 0 saturated heterocycles. The summed E-state index contributed by atoms with van der Waals surface area (Å²) in [5.41, 5.74) is 4.23. The molecule has 0 bridgehead atoms. The Bertz CT molecular complexity index is 1240. The summed E-state index contributed by atoms with van der Waals surface area (Å²) < 4.78 is 11.2. The molecule has 159 valence electrons. The molecular weight excluding hydrogens is 581 g/mol. The number of benzene rings is 2. The third-order valence-electron chi connectivity index (χ3n) is 4.46. The SMILES string of the molecule is C(=C1/[N-]c2ccccc2O1)/c1nc2ccccc2o1.[Ir].c1ccc(-c2ccccn2)nc1. The van der Waals surface area contributed by atoms with Gasteiger partial charge in [-0.25, -0.2) is 4.98 Å². The van der Waals surface area contributed by atoms with Gasteiger partial charge in [0.25, 0.3) is 0 Å². The molecule has 0 aliphatic carbocycles. The first kappa shape index (κ1) is 21.4. The first-order valence-electron chi connectivity index (χ1n) is 9.73. The summed E-state index contributed by atoms with van der Waals surface area (Å²) in [6.07, 6.45) is 5.23. The van der Waals surface area contributed by atoms with Crippen molar-refractivity contribution in [2.75, 3.05) is 0 Å². The Morgan fingerprint density at radius 1 is 0.719 bits per heavy atom. The van der Waals surface area contributed by atoms with E-state index in [1.807, 2.05) is 84.9 Å². The van der Waals surface area contributed by atoms with Crippen LogP contribution in [0.25, 0.3) is 33.9 Å². The second-order valence-corrected chi connectivity index (χ2v) is 6.61. The number of pyridine rings is 2. The quantitative estimate of drug-likeness (QED) is 0.237. The molecule has 0 amide bonds. The van der Waals surface area contributed by atoms with Crippen molar-refractivity contribution in [3.8, 4) is 17.1 Å². The average Bonchev–Trinajstić information content (AvgIpc) is 3.43. The van der Waals surface area contributed by atoms with Crippen LogP contribution < -0.4 is 4.74 Å². The maximum Gasteiger partial charge on any atom is 0.221 e. The van der Waals surface area contributed by atoms with Gasteiger partial charge >= 0.3 is 0 Å². The molecule has 6 rings (SSSR count). The fraction of sp³-hybridized carbons (Fsp3) is 0. The minimum Gasteiger partial charge on any atom is -0.624 e. The number of para-hydroxylation sites is 4. The summed E-state index contributed by atoms with van der Waals surface area (Å²) in [5.74, 6) is 1.74. The van der Waals surface area contributed by atoms with Gasteiger partial charge in [0.15, 0.2) is 5.58 Å². The van der Waals surface area contributed by atoms with Crippen LogP contribution in [0.1, 0.15) is 5.89 Å². The molecule has 0 unspecified atom stereocenters. The molecule has 32 heavy (non-hydrogen) atoms. The first-order valence-corrected chi connectivity index (χ1v) is 9.73. The van der Waals surface area contributed by atoms with Gasteiger partial charge in [0.05, 0.1) is 11.4 Å². The normalized spacial score (nSPS) is 12.7. The molecule has 0 spiro atoms. The number of nitrogens with zero attached hydrogens (tertiary/aromatic N) is 4. The molecule has 1 radical (unpaired) electrons. The van der Waals surface area contributed by atoms with Gasteiger partial charge < -0.3 is 14.5 Å². The fourth-order valence-electron chi connectivity index (χ4n) is 3.04. The zero-order valence-corrected chi connectivity index (χ0v) is 19.1. The summed E-state index contributed by atoms with van der Waals surface area (Å²) >= 11 is 0. The van der Waals surface area contributed by atoms with Crippen molar-refractivity contribution in [2.45, 2.75) is 0 Å². The van der Waals surface area contributed by atoms with Crippen molar-refractivity contribution >= 4 is 22.9 Å². The van der Waals surface area contributed by atoms with E-state index in [1.54, 1.807) is 18.5 Å². The summed E-state index contributed by atoms with van der Waals surface area (Å²) in [7, 11) is 0. The standard InChI is InChI=1S/C15H9N2O2.C10H8N2.Ir/c1-3-7-12-10(5-1)16-14(18-12)9-15-17-11-6-2-4-8-13(11)19-15;1-3-7-11-9(5-1)10-6-2-4-8-12-10;/h1-9H;1-8H;/q-1;;/b14-9+;;. The second-order valence-electron chi connectivity index (χ2n) is 6.61.